The molecule has 0 aromatic heterocycles. The number of carbonyl (C=O) groups is 4. The van der Waals surface area contributed by atoms with E-state index in [1.54, 1.807) is 54.6 Å². The number of nitrogens with one attached hydrogen (secondary N) is 1. The molecule has 5 aromatic carbocycles. The highest BCUT2D eigenvalue weighted by Gasteiger charge is 2.40. The number of benzene rings is 5. The zero-order chi connectivity index (χ0) is 31.5. The smallest absolute Gasteiger partial charge is 0.282 e. The molecule has 2 N–H and O–H groups in total. The molecule has 0 bridgehead atoms. The lowest BCUT2D eigenvalue weighted by atomic mass is 9.85. The van der Waals surface area contributed by atoms with Crippen LogP contribution in [0.1, 0.15) is 47.0 Å². The molecule has 0 spiro atoms. The highest BCUT2D eigenvalue weighted by atomic mass is 32.2. The molecular formula is C33H20N4O7S. The average Bonchev–Trinajstić information content (AvgIpc) is 3.04. The molecule has 0 aliphatic carbocycles. The van der Waals surface area contributed by atoms with Gasteiger partial charge in [0.05, 0.1) is 28.2 Å². The molecule has 0 radical (unpaired) electrons. The first kappa shape index (κ1) is 27.8. The Morgan fingerprint density at radius 1 is 0.578 bits per heavy atom. The summed E-state index contributed by atoms with van der Waals surface area (Å²) >= 11 is 0. The summed E-state index contributed by atoms with van der Waals surface area (Å²) in [6, 6.07) is 26.5. The van der Waals surface area contributed by atoms with Crippen LogP contribution in [0.2, 0.25) is 0 Å². The third kappa shape index (κ3) is 4.56. The molecule has 0 fully saturated rings. The number of para-hydroxylation sites is 1. The van der Waals surface area contributed by atoms with Crippen LogP contribution in [0, 0.1) is 0 Å². The summed E-state index contributed by atoms with van der Waals surface area (Å²) in [6.45, 7) is 0. The maximum atomic E-state index is 13.7. The Kier molecular flexibility index (Phi) is 6.39. The van der Waals surface area contributed by atoms with E-state index in [1.807, 2.05) is 0 Å². The Morgan fingerprint density at radius 2 is 1.02 bits per heavy atom. The highest BCUT2D eigenvalue weighted by Crippen LogP contribution is 2.40. The summed E-state index contributed by atoms with van der Waals surface area (Å²) in [5, 5.41) is 4.68. The molecule has 45 heavy (non-hydrogen) atoms. The quantitative estimate of drug-likeness (QED) is 0.115. The molecule has 0 unspecified atom stereocenters. The van der Waals surface area contributed by atoms with Crippen LogP contribution in [-0.4, -0.2) is 42.8 Å². The second kappa shape index (κ2) is 10.3. The van der Waals surface area contributed by atoms with Crippen LogP contribution in [0.3, 0.4) is 0 Å². The summed E-state index contributed by atoms with van der Waals surface area (Å²) in [5.41, 5.74) is 5.47. The van der Waals surface area contributed by atoms with Gasteiger partial charge in [-0.15, -0.1) is 0 Å². The minimum Gasteiger partial charge on any atom is -0.282 e. The number of rotatable bonds is 6. The predicted octanol–water partition coefficient (Wildman–Crippen LogP) is 5.13. The van der Waals surface area contributed by atoms with E-state index in [2.05, 4.69) is 10.5 Å². The lowest BCUT2D eigenvalue weighted by Crippen LogP contribution is -2.43. The number of amides is 4. The van der Waals surface area contributed by atoms with Gasteiger partial charge < -0.3 is 0 Å². The SMILES string of the molecule is O=C1c2ccc3c4c(ccc(c24)C(=O)N1c1ccccc1)C(=O)N(c1ccc(/C=N\Nc2ccc(S(=O)(=O)O)cc2)cc1)C3=O. The van der Waals surface area contributed by atoms with Gasteiger partial charge in [0.1, 0.15) is 0 Å². The lowest BCUT2D eigenvalue weighted by molar-refractivity contribution is 0.0873. The highest BCUT2D eigenvalue weighted by molar-refractivity contribution is 7.85. The van der Waals surface area contributed by atoms with Gasteiger partial charge in [0, 0.05) is 33.0 Å². The standard InChI is InChI=1S/C33H20N4O7S/c38-30-24-14-16-26-29-27(17-15-25(28(24)29)31(39)36(30)21-4-2-1-3-5-21)33(41)37(32(26)40)22-10-6-19(7-11-22)18-34-35-20-8-12-23(13-9-20)45(42,43)44/h1-18,35H,(H,42,43,44)/b34-18-. The summed E-state index contributed by atoms with van der Waals surface area (Å²) in [4.78, 5) is 56.4. The molecule has 0 saturated heterocycles. The number of anilines is 3. The van der Waals surface area contributed by atoms with Crippen molar-refractivity contribution in [2.75, 3.05) is 15.2 Å². The summed E-state index contributed by atoms with van der Waals surface area (Å²) in [7, 11) is -4.30. The van der Waals surface area contributed by atoms with Crippen LogP contribution in [0.15, 0.2) is 113 Å². The van der Waals surface area contributed by atoms with Crippen molar-refractivity contribution in [2.24, 2.45) is 5.10 Å². The van der Waals surface area contributed by atoms with Crippen LogP contribution < -0.4 is 15.2 Å². The molecule has 4 amide bonds. The number of carbonyl (C=O) groups excluding carboxylic acids is 4. The second-order valence-electron chi connectivity index (χ2n) is 10.3. The number of imide groups is 2. The van der Waals surface area contributed by atoms with E-state index in [0.29, 0.717) is 28.0 Å². The van der Waals surface area contributed by atoms with Crippen LogP contribution in [0.4, 0.5) is 17.1 Å². The lowest BCUT2D eigenvalue weighted by Gasteiger charge is -2.32. The Bertz CT molecular complexity index is 2160. The summed E-state index contributed by atoms with van der Waals surface area (Å²) in [6.07, 6.45) is 1.49. The van der Waals surface area contributed by atoms with Gasteiger partial charge in [-0.3, -0.25) is 29.2 Å². The van der Waals surface area contributed by atoms with Crippen molar-refractivity contribution < 1.29 is 32.1 Å². The van der Waals surface area contributed by atoms with E-state index in [-0.39, 0.29) is 32.5 Å². The molecule has 7 rings (SSSR count). The molecule has 220 valence electrons. The van der Waals surface area contributed by atoms with Crippen molar-refractivity contribution in [3.8, 4) is 0 Å². The molecule has 2 heterocycles. The third-order valence-corrected chi connectivity index (χ3v) is 8.49. The third-order valence-electron chi connectivity index (χ3n) is 7.62. The molecule has 11 nitrogen and oxygen atoms in total. The Balaban J connectivity index is 1.16. The first-order chi connectivity index (χ1) is 21.6. The van der Waals surface area contributed by atoms with E-state index in [1.165, 1.54) is 54.7 Å². The van der Waals surface area contributed by atoms with Crippen LogP contribution in [-0.2, 0) is 10.1 Å². The van der Waals surface area contributed by atoms with Gasteiger partial charge >= 0.3 is 0 Å². The van der Waals surface area contributed by atoms with Gasteiger partial charge in [-0.2, -0.15) is 13.5 Å². The van der Waals surface area contributed by atoms with Crippen molar-refractivity contribution in [2.45, 2.75) is 4.90 Å². The molecule has 2 aliphatic rings. The van der Waals surface area contributed by atoms with Crippen molar-refractivity contribution in [1.29, 1.82) is 0 Å². The number of hydrazone groups is 1. The number of hydrogen-bond acceptors (Lipinski definition) is 8. The van der Waals surface area contributed by atoms with E-state index in [0.717, 1.165) is 9.80 Å². The first-order valence-corrected chi connectivity index (χ1v) is 15.0. The Hall–Kier alpha value is -5.98. The number of nitrogens with zero attached hydrogens (tertiary/aromatic N) is 3. The number of hydrogen-bond donors (Lipinski definition) is 2. The molecular weight excluding hydrogens is 596 g/mol. The topological polar surface area (TPSA) is 154 Å². The average molecular weight is 617 g/mol. The fraction of sp³-hybridized carbons (Fsp3) is 0. The van der Waals surface area contributed by atoms with E-state index < -0.39 is 33.7 Å². The maximum absolute atomic E-state index is 13.7. The first-order valence-electron chi connectivity index (χ1n) is 13.5. The monoisotopic (exact) mass is 616 g/mol. The van der Waals surface area contributed by atoms with Gasteiger partial charge in [0.15, 0.2) is 0 Å². The van der Waals surface area contributed by atoms with Gasteiger partial charge in [-0.1, -0.05) is 30.3 Å². The van der Waals surface area contributed by atoms with E-state index in [4.69, 9.17) is 4.55 Å². The Labute approximate surface area is 255 Å². The van der Waals surface area contributed by atoms with Gasteiger partial charge in [0.25, 0.3) is 33.7 Å². The summed E-state index contributed by atoms with van der Waals surface area (Å²) < 4.78 is 31.5. The van der Waals surface area contributed by atoms with E-state index in [9.17, 15) is 27.6 Å². The molecule has 0 saturated carbocycles. The summed E-state index contributed by atoms with van der Waals surface area (Å²) in [5.74, 6) is -2.24. The van der Waals surface area contributed by atoms with Crippen molar-refractivity contribution >= 4 is 67.8 Å². The van der Waals surface area contributed by atoms with Crippen molar-refractivity contribution in [1.82, 2.24) is 0 Å². The maximum Gasteiger partial charge on any atom is 0.294 e. The molecule has 2 aliphatic heterocycles. The van der Waals surface area contributed by atoms with Gasteiger partial charge in [0.2, 0.25) is 0 Å². The normalized spacial score (nSPS) is 14.5. The second-order valence-corrected chi connectivity index (χ2v) is 11.7. The fourth-order valence-corrected chi connectivity index (χ4v) is 5.99. The van der Waals surface area contributed by atoms with Crippen molar-refractivity contribution in [3.63, 3.8) is 0 Å². The van der Waals surface area contributed by atoms with Crippen LogP contribution >= 0.6 is 0 Å². The fourth-order valence-electron chi connectivity index (χ4n) is 5.51. The van der Waals surface area contributed by atoms with Crippen LogP contribution in [0.25, 0.3) is 10.8 Å². The molecule has 12 heteroatoms. The zero-order valence-corrected chi connectivity index (χ0v) is 23.9. The van der Waals surface area contributed by atoms with E-state index >= 15 is 0 Å². The minimum atomic E-state index is -4.30. The minimum absolute atomic E-state index is 0.203. The van der Waals surface area contributed by atoms with Gasteiger partial charge in [-0.05, 0) is 78.4 Å². The predicted molar refractivity (Wildman–Crippen MR) is 167 cm³/mol. The Morgan fingerprint density at radius 3 is 1.47 bits per heavy atom. The zero-order valence-electron chi connectivity index (χ0n) is 23.0. The largest absolute Gasteiger partial charge is 0.294 e. The molecule has 5 aromatic rings. The van der Waals surface area contributed by atoms with Gasteiger partial charge in [-0.25, -0.2) is 9.80 Å². The van der Waals surface area contributed by atoms with Crippen molar-refractivity contribution in [3.05, 3.63) is 131 Å². The molecule has 0 atom stereocenters. The van der Waals surface area contributed by atoms with Crippen LogP contribution in [0.5, 0.6) is 0 Å².